The number of hydrogen-bond donors (Lipinski definition) is 2. The van der Waals surface area contributed by atoms with Crippen LogP contribution in [0.4, 0.5) is 17.6 Å². The molecule has 0 bridgehead atoms. The molecule has 1 aliphatic rings. The maximum Gasteiger partial charge on any atom is 0.417 e. The highest BCUT2D eigenvalue weighted by molar-refractivity contribution is 7.91. The van der Waals surface area contributed by atoms with Gasteiger partial charge in [-0.15, -0.1) is 0 Å². The molecule has 3 aromatic rings. The Balaban J connectivity index is 1.58. The van der Waals surface area contributed by atoms with Crippen molar-refractivity contribution in [2.75, 3.05) is 6.61 Å². The normalized spacial score (nSPS) is 21.9. The van der Waals surface area contributed by atoms with Gasteiger partial charge in [-0.25, -0.2) is 22.5 Å². The number of benzene rings is 2. The van der Waals surface area contributed by atoms with Crippen LogP contribution in [0.25, 0.3) is 11.3 Å². The number of pyridine rings is 1. The lowest BCUT2D eigenvalue weighted by Crippen LogP contribution is -2.66. The molecule has 7 nitrogen and oxygen atoms in total. The highest BCUT2D eigenvalue weighted by Crippen LogP contribution is 2.40. The minimum Gasteiger partial charge on any atom is -0.457 e. The molecule has 0 saturated carbocycles. The Hall–Kier alpha value is -3.51. The van der Waals surface area contributed by atoms with E-state index in [0.29, 0.717) is 16.8 Å². The molecule has 1 saturated heterocycles. The van der Waals surface area contributed by atoms with Crippen molar-refractivity contribution in [1.82, 2.24) is 9.71 Å². The van der Waals surface area contributed by atoms with Crippen molar-refractivity contribution >= 4 is 16.0 Å². The number of aliphatic hydroxyl groups is 1. The monoisotopic (exact) mass is 579 g/mol. The zero-order valence-corrected chi connectivity index (χ0v) is 22.9. The SMILES string of the molecule is CC1(C)OC(=N[C@@H](CCO)c2ccccc2F)NS(=O)(=O)C1(C)Cc1ccc(-c2ccc(C(F)(F)F)cn2)cc1. The fourth-order valence-corrected chi connectivity index (χ4v) is 6.09. The predicted octanol–water partition coefficient (Wildman–Crippen LogP) is 5.42. The number of aliphatic hydroxyl groups excluding tert-OH is 1. The van der Waals surface area contributed by atoms with Crippen LogP contribution >= 0.6 is 0 Å². The maximum atomic E-state index is 14.4. The maximum absolute atomic E-state index is 14.4. The number of halogens is 4. The quantitative estimate of drug-likeness (QED) is 0.365. The Morgan fingerprint density at radius 1 is 1.05 bits per heavy atom. The molecule has 1 aromatic heterocycles. The molecule has 0 aliphatic carbocycles. The molecular formula is C28H29F4N3O4S. The molecule has 2 N–H and O–H groups in total. The number of alkyl halides is 3. The van der Waals surface area contributed by atoms with E-state index in [-0.39, 0.29) is 31.0 Å². The van der Waals surface area contributed by atoms with E-state index in [2.05, 4.69) is 14.7 Å². The standard InChI is InChI=1S/C28H29F4N3O4S/c1-26(2)27(3,16-18-8-10-19(11-9-18)23-13-12-20(17-33-23)28(30,31)32)40(37,38)35-25(39-26)34-24(14-15-36)21-6-4-5-7-22(21)29/h4-13,17,24,36H,14-16H2,1-3H3,(H,34,35)/t24-,27?/m0/s1. The summed E-state index contributed by atoms with van der Waals surface area (Å²) in [6.45, 7) is 4.47. The molecule has 2 aromatic carbocycles. The van der Waals surface area contributed by atoms with Gasteiger partial charge in [0.1, 0.15) is 16.2 Å². The van der Waals surface area contributed by atoms with E-state index >= 15 is 0 Å². The summed E-state index contributed by atoms with van der Waals surface area (Å²) >= 11 is 0. The molecule has 12 heteroatoms. The van der Waals surface area contributed by atoms with Gasteiger partial charge in [0.25, 0.3) is 6.02 Å². The first-order chi connectivity index (χ1) is 18.7. The third-order valence-corrected chi connectivity index (χ3v) is 9.53. The first-order valence-electron chi connectivity index (χ1n) is 12.4. The summed E-state index contributed by atoms with van der Waals surface area (Å²) in [5.74, 6) is -0.539. The van der Waals surface area contributed by atoms with Crippen LogP contribution in [0.3, 0.4) is 0 Å². The zero-order valence-electron chi connectivity index (χ0n) is 22.0. The smallest absolute Gasteiger partial charge is 0.417 e. The van der Waals surface area contributed by atoms with Crippen molar-refractivity contribution in [3.05, 3.63) is 89.4 Å². The topological polar surface area (TPSA) is 101 Å². The average Bonchev–Trinajstić information content (AvgIpc) is 2.87. The van der Waals surface area contributed by atoms with Crippen LogP contribution in [0.2, 0.25) is 0 Å². The van der Waals surface area contributed by atoms with Crippen LogP contribution < -0.4 is 4.72 Å². The number of nitrogens with one attached hydrogen (secondary N) is 1. The van der Waals surface area contributed by atoms with Gasteiger partial charge in [-0.05, 0) is 57.4 Å². The Bertz CT molecular complexity index is 1490. The van der Waals surface area contributed by atoms with Gasteiger partial charge in [-0.3, -0.25) is 4.98 Å². The van der Waals surface area contributed by atoms with Crippen LogP contribution in [0.1, 0.15) is 49.9 Å². The Labute approximate surface area is 230 Å². The van der Waals surface area contributed by atoms with Crippen molar-refractivity contribution in [1.29, 1.82) is 0 Å². The summed E-state index contributed by atoms with van der Waals surface area (Å²) in [5.41, 5.74) is -0.388. The fourth-order valence-electron chi connectivity index (χ4n) is 4.50. The molecule has 0 spiro atoms. The second kappa shape index (κ2) is 10.8. The molecular weight excluding hydrogens is 550 g/mol. The van der Waals surface area contributed by atoms with Crippen LogP contribution in [-0.4, -0.2) is 41.5 Å². The molecule has 1 unspecified atom stereocenters. The third-order valence-electron chi connectivity index (χ3n) is 7.26. The van der Waals surface area contributed by atoms with Crippen LogP contribution in [-0.2, 0) is 27.4 Å². The average molecular weight is 580 g/mol. The summed E-state index contributed by atoms with van der Waals surface area (Å²) in [4.78, 5) is 8.21. The van der Waals surface area contributed by atoms with Gasteiger partial charge in [0.15, 0.2) is 0 Å². The first-order valence-corrected chi connectivity index (χ1v) is 13.9. The van der Waals surface area contributed by atoms with Gasteiger partial charge in [0.05, 0.1) is 17.3 Å². The third kappa shape index (κ3) is 5.83. The summed E-state index contributed by atoms with van der Waals surface area (Å²) in [6, 6.07) is 13.6. The molecule has 40 heavy (non-hydrogen) atoms. The van der Waals surface area contributed by atoms with E-state index in [1.165, 1.54) is 24.3 Å². The number of hydrogen-bond acceptors (Lipinski definition) is 6. The Morgan fingerprint density at radius 3 is 2.27 bits per heavy atom. The van der Waals surface area contributed by atoms with Crippen LogP contribution in [0.5, 0.6) is 0 Å². The minimum absolute atomic E-state index is 0.0384. The molecule has 4 rings (SSSR count). The van der Waals surface area contributed by atoms with Gasteiger partial charge in [0, 0.05) is 23.9 Å². The lowest BCUT2D eigenvalue weighted by atomic mass is 9.85. The summed E-state index contributed by atoms with van der Waals surface area (Å²) < 4.78 is 87.0. The number of amidine groups is 1. The van der Waals surface area contributed by atoms with E-state index in [9.17, 15) is 31.1 Å². The van der Waals surface area contributed by atoms with Crippen molar-refractivity contribution in [2.24, 2.45) is 4.99 Å². The second-order valence-electron chi connectivity index (χ2n) is 10.2. The Kier molecular flexibility index (Phi) is 7.97. The lowest BCUT2D eigenvalue weighted by Gasteiger charge is -2.47. The van der Waals surface area contributed by atoms with E-state index in [1.807, 2.05) is 0 Å². The van der Waals surface area contributed by atoms with Gasteiger partial charge in [0.2, 0.25) is 10.0 Å². The number of nitrogens with zero attached hydrogens (tertiary/aromatic N) is 2. The first kappa shape index (κ1) is 29.5. The van der Waals surface area contributed by atoms with Crippen molar-refractivity contribution < 1.29 is 35.8 Å². The zero-order chi connectivity index (χ0) is 29.3. The van der Waals surface area contributed by atoms with E-state index in [4.69, 9.17) is 4.74 Å². The van der Waals surface area contributed by atoms with Crippen molar-refractivity contribution in [2.45, 2.75) is 56.2 Å². The van der Waals surface area contributed by atoms with E-state index < -0.39 is 44.0 Å². The molecule has 214 valence electrons. The van der Waals surface area contributed by atoms with Crippen LogP contribution in [0, 0.1) is 5.82 Å². The van der Waals surface area contributed by atoms with Gasteiger partial charge < -0.3 is 9.84 Å². The molecule has 0 radical (unpaired) electrons. The largest absolute Gasteiger partial charge is 0.457 e. The number of ether oxygens (including phenoxy) is 1. The van der Waals surface area contributed by atoms with Gasteiger partial charge in [-0.2, -0.15) is 13.2 Å². The number of aromatic nitrogens is 1. The molecule has 2 atom stereocenters. The Morgan fingerprint density at radius 2 is 1.73 bits per heavy atom. The highest BCUT2D eigenvalue weighted by Gasteiger charge is 2.57. The molecule has 2 heterocycles. The number of aliphatic imine (C=N–C) groups is 1. The fraction of sp³-hybridized carbons (Fsp3) is 0.357. The van der Waals surface area contributed by atoms with Crippen molar-refractivity contribution in [3.8, 4) is 11.3 Å². The molecule has 0 amide bonds. The van der Waals surface area contributed by atoms with Gasteiger partial charge in [-0.1, -0.05) is 42.5 Å². The summed E-state index contributed by atoms with van der Waals surface area (Å²) in [7, 11) is -4.09. The van der Waals surface area contributed by atoms with E-state index in [1.54, 1.807) is 51.1 Å². The molecule has 1 aliphatic heterocycles. The minimum atomic E-state index is -4.48. The van der Waals surface area contributed by atoms with Gasteiger partial charge >= 0.3 is 6.18 Å². The number of sulfonamides is 1. The predicted molar refractivity (Wildman–Crippen MR) is 142 cm³/mol. The summed E-state index contributed by atoms with van der Waals surface area (Å²) in [6.07, 6.45) is -3.63. The number of rotatable bonds is 7. The van der Waals surface area contributed by atoms with Crippen molar-refractivity contribution in [3.63, 3.8) is 0 Å². The van der Waals surface area contributed by atoms with E-state index in [0.717, 1.165) is 12.3 Å². The second-order valence-corrected chi connectivity index (χ2v) is 12.3. The summed E-state index contributed by atoms with van der Waals surface area (Å²) in [5, 5.41) is 9.49. The van der Waals surface area contributed by atoms with Crippen LogP contribution in [0.15, 0.2) is 71.9 Å². The molecule has 1 fully saturated rings. The highest BCUT2D eigenvalue weighted by atomic mass is 32.2. The lowest BCUT2D eigenvalue weighted by molar-refractivity contribution is -0.137.